The Hall–Kier alpha value is -1.12. The Kier molecular flexibility index (Phi) is 2.87. The summed E-state index contributed by atoms with van der Waals surface area (Å²) >= 11 is 0. The van der Waals surface area contributed by atoms with Gasteiger partial charge in [-0.2, -0.15) is 0 Å². The Bertz CT molecular complexity index is 610. The maximum absolute atomic E-state index is 13.1. The van der Waals surface area contributed by atoms with Gasteiger partial charge >= 0.3 is 5.97 Å². The van der Waals surface area contributed by atoms with E-state index in [4.69, 9.17) is 4.74 Å². The van der Waals surface area contributed by atoms with Gasteiger partial charge < -0.3 is 4.74 Å². The molecule has 3 nitrogen and oxygen atoms in total. The van der Waals surface area contributed by atoms with E-state index in [1.165, 1.54) is 0 Å². The number of Topliss-reactive ketones (excluding diaryl/α,β-unsaturated/α-hetero) is 1. The lowest BCUT2D eigenvalue weighted by atomic mass is 9.42. The lowest BCUT2D eigenvalue weighted by Gasteiger charge is -2.61. The lowest BCUT2D eigenvalue weighted by molar-refractivity contribution is -0.202. The maximum atomic E-state index is 13.1. The van der Waals surface area contributed by atoms with Crippen LogP contribution in [-0.4, -0.2) is 17.4 Å². The van der Waals surface area contributed by atoms with Gasteiger partial charge in [-0.15, -0.1) is 6.58 Å². The molecule has 23 heavy (non-hydrogen) atoms. The van der Waals surface area contributed by atoms with Gasteiger partial charge in [0.05, 0.1) is 5.41 Å². The average molecular weight is 316 g/mol. The second-order valence-corrected chi connectivity index (χ2v) is 9.31. The summed E-state index contributed by atoms with van der Waals surface area (Å²) in [7, 11) is 0. The lowest BCUT2D eigenvalue weighted by Crippen LogP contribution is -2.65. The molecule has 0 N–H and O–H groups in total. The Morgan fingerprint density at radius 3 is 2.57 bits per heavy atom. The minimum atomic E-state index is -0.443. The Balaban J connectivity index is 1.83. The van der Waals surface area contributed by atoms with Crippen LogP contribution < -0.4 is 0 Å². The molecule has 3 aliphatic carbocycles. The zero-order valence-corrected chi connectivity index (χ0v) is 14.6. The summed E-state index contributed by atoms with van der Waals surface area (Å²) < 4.78 is 6.19. The molecule has 0 aromatic carbocycles. The van der Waals surface area contributed by atoms with Gasteiger partial charge in [-0.1, -0.05) is 19.9 Å². The van der Waals surface area contributed by atoms with E-state index in [0.29, 0.717) is 12.2 Å². The van der Waals surface area contributed by atoms with Crippen LogP contribution in [0.1, 0.15) is 65.7 Å². The molecule has 4 aliphatic rings. The summed E-state index contributed by atoms with van der Waals surface area (Å²) in [4.78, 5) is 25.8. The topological polar surface area (TPSA) is 43.4 Å². The van der Waals surface area contributed by atoms with Gasteiger partial charge in [0.15, 0.2) is 0 Å². The molecule has 0 spiro atoms. The monoisotopic (exact) mass is 316 g/mol. The minimum Gasteiger partial charge on any atom is -0.458 e. The van der Waals surface area contributed by atoms with Crippen molar-refractivity contribution in [2.75, 3.05) is 0 Å². The van der Waals surface area contributed by atoms with Gasteiger partial charge in [0, 0.05) is 23.7 Å². The third-order valence-electron chi connectivity index (χ3n) is 8.23. The largest absolute Gasteiger partial charge is 0.458 e. The fraction of sp³-hybridized carbons (Fsp3) is 0.800. The number of allylic oxidation sites excluding steroid dienone is 1. The van der Waals surface area contributed by atoms with Crippen molar-refractivity contribution in [3.05, 3.63) is 12.7 Å². The first kappa shape index (κ1) is 15.4. The zero-order chi connectivity index (χ0) is 16.7. The van der Waals surface area contributed by atoms with Crippen molar-refractivity contribution in [1.29, 1.82) is 0 Å². The molecule has 1 saturated heterocycles. The molecule has 0 radical (unpaired) electrons. The minimum absolute atomic E-state index is 0.00347. The van der Waals surface area contributed by atoms with E-state index in [0.717, 1.165) is 38.5 Å². The van der Waals surface area contributed by atoms with E-state index in [-0.39, 0.29) is 28.6 Å². The number of esters is 1. The fourth-order valence-electron chi connectivity index (χ4n) is 6.44. The number of fused-ring (bicyclic) bond motifs is 1. The Morgan fingerprint density at radius 1 is 1.13 bits per heavy atom. The van der Waals surface area contributed by atoms with Crippen LogP contribution >= 0.6 is 0 Å². The third kappa shape index (κ3) is 1.62. The second kappa shape index (κ2) is 4.29. The molecule has 1 heterocycles. The van der Waals surface area contributed by atoms with Crippen LogP contribution in [0.15, 0.2) is 12.7 Å². The van der Waals surface area contributed by atoms with Crippen LogP contribution in [0.4, 0.5) is 0 Å². The molecular formula is C20H28O3. The SMILES string of the molecule is C=C[C@]1(C)CC[C@]2(C)[C@@H](C1)C(=O)C[C@@H]1[C@@]23CCC[C@]1(C)C(=O)O3. The molecule has 0 aromatic heterocycles. The van der Waals surface area contributed by atoms with E-state index in [1.807, 2.05) is 13.0 Å². The molecule has 1 aliphatic heterocycles. The van der Waals surface area contributed by atoms with E-state index in [9.17, 15) is 9.59 Å². The highest BCUT2D eigenvalue weighted by Crippen LogP contribution is 2.70. The smallest absolute Gasteiger partial charge is 0.312 e. The quantitative estimate of drug-likeness (QED) is 0.541. The van der Waals surface area contributed by atoms with Crippen molar-refractivity contribution >= 4 is 11.8 Å². The molecule has 4 rings (SSSR count). The second-order valence-electron chi connectivity index (χ2n) is 9.31. The molecule has 0 aromatic rings. The van der Waals surface area contributed by atoms with E-state index >= 15 is 0 Å². The summed E-state index contributed by atoms with van der Waals surface area (Å²) in [6, 6.07) is 0. The molecular weight excluding hydrogens is 288 g/mol. The van der Waals surface area contributed by atoms with Gasteiger partial charge in [0.2, 0.25) is 0 Å². The number of hydrogen-bond acceptors (Lipinski definition) is 3. The van der Waals surface area contributed by atoms with Crippen LogP contribution in [0.3, 0.4) is 0 Å². The highest BCUT2D eigenvalue weighted by Gasteiger charge is 2.75. The van der Waals surface area contributed by atoms with Crippen LogP contribution in [0.5, 0.6) is 0 Å². The predicted molar refractivity (Wildman–Crippen MR) is 87.6 cm³/mol. The summed E-state index contributed by atoms with van der Waals surface area (Å²) in [6.07, 6.45) is 8.22. The molecule has 6 atom stereocenters. The number of rotatable bonds is 1. The van der Waals surface area contributed by atoms with Gasteiger partial charge in [0.25, 0.3) is 0 Å². The highest BCUT2D eigenvalue weighted by atomic mass is 16.6. The Labute approximate surface area is 138 Å². The van der Waals surface area contributed by atoms with Gasteiger partial charge in [-0.3, -0.25) is 9.59 Å². The summed E-state index contributed by atoms with van der Waals surface area (Å²) in [5, 5.41) is 0. The van der Waals surface area contributed by atoms with Crippen molar-refractivity contribution in [3.63, 3.8) is 0 Å². The van der Waals surface area contributed by atoms with Crippen LogP contribution in [0.2, 0.25) is 0 Å². The molecule has 0 amide bonds. The van der Waals surface area contributed by atoms with Crippen molar-refractivity contribution in [3.8, 4) is 0 Å². The molecule has 0 unspecified atom stereocenters. The number of carbonyl (C=O) groups is 2. The number of ketones is 1. The molecule has 3 saturated carbocycles. The fourth-order valence-corrected chi connectivity index (χ4v) is 6.44. The van der Waals surface area contributed by atoms with E-state index < -0.39 is 11.0 Å². The molecule has 4 fully saturated rings. The van der Waals surface area contributed by atoms with Gasteiger partial charge in [-0.05, 0) is 50.9 Å². The van der Waals surface area contributed by atoms with E-state index in [1.54, 1.807) is 0 Å². The normalized spacial score (nSPS) is 54.9. The highest BCUT2D eigenvalue weighted by molar-refractivity contribution is 5.89. The van der Waals surface area contributed by atoms with Crippen molar-refractivity contribution < 1.29 is 14.3 Å². The van der Waals surface area contributed by atoms with Crippen LogP contribution in [0, 0.1) is 28.1 Å². The first-order valence-corrected chi connectivity index (χ1v) is 9.11. The first-order valence-electron chi connectivity index (χ1n) is 9.11. The van der Waals surface area contributed by atoms with Gasteiger partial charge in [0.1, 0.15) is 11.4 Å². The molecule has 3 heteroatoms. The molecule has 2 bridgehead atoms. The van der Waals surface area contributed by atoms with Gasteiger partial charge in [-0.25, -0.2) is 0 Å². The van der Waals surface area contributed by atoms with E-state index in [2.05, 4.69) is 20.4 Å². The molecule has 126 valence electrons. The van der Waals surface area contributed by atoms with Crippen LogP contribution in [0.25, 0.3) is 0 Å². The standard InChI is InChI=1S/C20H28O3/c1-5-17(2)9-10-19(4)13(12-17)14(21)11-15-18(3)7-6-8-20(15,19)23-16(18)22/h5,13,15H,1,6-12H2,2-4H3/t13-,15-,17+,18-,19+,20-/m0/s1. The predicted octanol–water partition coefficient (Wildman–Crippen LogP) is 4.06. The summed E-state index contributed by atoms with van der Waals surface area (Å²) in [5.74, 6) is 0.390. The van der Waals surface area contributed by atoms with Crippen molar-refractivity contribution in [2.45, 2.75) is 71.3 Å². The van der Waals surface area contributed by atoms with Crippen LogP contribution in [-0.2, 0) is 14.3 Å². The Morgan fingerprint density at radius 2 is 1.87 bits per heavy atom. The van der Waals surface area contributed by atoms with Crippen molar-refractivity contribution in [2.24, 2.45) is 28.1 Å². The maximum Gasteiger partial charge on any atom is 0.312 e. The van der Waals surface area contributed by atoms with Crippen molar-refractivity contribution in [1.82, 2.24) is 0 Å². The third-order valence-corrected chi connectivity index (χ3v) is 8.23. The first-order chi connectivity index (χ1) is 10.7. The number of ether oxygens (including phenoxy) is 1. The summed E-state index contributed by atoms with van der Waals surface area (Å²) in [6.45, 7) is 10.5. The number of hydrogen-bond donors (Lipinski definition) is 0. The average Bonchev–Trinajstić information content (AvgIpc) is 2.64. The zero-order valence-electron chi connectivity index (χ0n) is 14.6. The summed E-state index contributed by atoms with van der Waals surface area (Å²) in [5.41, 5.74) is -1.02. The number of carbonyl (C=O) groups excluding carboxylic acids is 2.